The zero-order chi connectivity index (χ0) is 8.53. The first-order valence-electron chi connectivity index (χ1n) is 3.69. The number of hydrogen-bond acceptors (Lipinski definition) is 0. The Kier molecular flexibility index (Phi) is 6.13. The van der Waals surface area contributed by atoms with Crippen LogP contribution in [0, 0.1) is 12.3 Å². The second kappa shape index (κ2) is 6.89. The molecule has 0 amide bonds. The summed E-state index contributed by atoms with van der Waals surface area (Å²) in [5, 5.41) is 0. The van der Waals surface area contributed by atoms with Crippen molar-refractivity contribution in [1.29, 1.82) is 0 Å². The zero-order valence-corrected chi connectivity index (χ0v) is 7.01. The fraction of sp³-hybridized carbons (Fsp3) is 0.273. The van der Waals surface area contributed by atoms with Gasteiger partial charge in [0.2, 0.25) is 0 Å². The van der Waals surface area contributed by atoms with E-state index in [-0.39, 0.29) is 0 Å². The Bertz CT molecular complexity index is 199. The molecule has 0 fully saturated rings. The van der Waals surface area contributed by atoms with Gasteiger partial charge in [-0.05, 0) is 13.3 Å². The van der Waals surface area contributed by atoms with Crippen LogP contribution in [0.4, 0.5) is 0 Å². The summed E-state index contributed by atoms with van der Waals surface area (Å²) in [4.78, 5) is 0. The number of hydrogen-bond donors (Lipinski definition) is 0. The van der Waals surface area contributed by atoms with Crippen LogP contribution in [-0.2, 0) is 0 Å². The fourth-order valence-corrected chi connectivity index (χ4v) is 0.651. The summed E-state index contributed by atoms with van der Waals surface area (Å²) in [6.07, 6.45) is 14.6. The topological polar surface area (TPSA) is 0 Å². The smallest absolute Gasteiger partial charge is 0.0123 e. The highest BCUT2D eigenvalue weighted by Crippen LogP contribution is 2.02. The Morgan fingerprint density at radius 2 is 2.27 bits per heavy atom. The molecule has 0 aromatic heterocycles. The van der Waals surface area contributed by atoms with Crippen molar-refractivity contribution in [2.75, 3.05) is 0 Å². The summed E-state index contributed by atoms with van der Waals surface area (Å²) in [6.45, 7) is 5.65. The third-order valence-electron chi connectivity index (χ3n) is 1.29. The van der Waals surface area contributed by atoms with Crippen LogP contribution in [-0.4, -0.2) is 0 Å². The Morgan fingerprint density at radius 1 is 1.55 bits per heavy atom. The molecule has 0 heteroatoms. The summed E-state index contributed by atoms with van der Waals surface area (Å²) in [5.74, 6) is 2.60. The standard InChI is InChI=1S/C11H14/c1-4-6-8-10-11(3)9-7-5-2/h2,4,6,8,10H,1,7,9H2,3H3/b8-6-,11-10+. The zero-order valence-electron chi connectivity index (χ0n) is 7.01. The molecule has 0 bridgehead atoms. The minimum atomic E-state index is 0.824. The van der Waals surface area contributed by atoms with Crippen LogP contribution in [0.25, 0.3) is 0 Å². The molecule has 0 aromatic rings. The molecule has 0 rings (SSSR count). The molecular weight excluding hydrogens is 132 g/mol. The lowest BCUT2D eigenvalue weighted by Crippen LogP contribution is -1.73. The minimum Gasteiger partial charge on any atom is -0.120 e. The number of allylic oxidation sites excluding steroid dienone is 5. The van der Waals surface area contributed by atoms with E-state index in [1.807, 2.05) is 12.2 Å². The van der Waals surface area contributed by atoms with Gasteiger partial charge in [0.05, 0.1) is 0 Å². The average molecular weight is 146 g/mol. The quantitative estimate of drug-likeness (QED) is 0.422. The second-order valence-electron chi connectivity index (χ2n) is 2.34. The van der Waals surface area contributed by atoms with E-state index in [0.717, 1.165) is 12.8 Å². The molecule has 0 aliphatic heterocycles. The molecule has 0 radical (unpaired) electrons. The van der Waals surface area contributed by atoms with E-state index < -0.39 is 0 Å². The Labute approximate surface area is 69.3 Å². The van der Waals surface area contributed by atoms with Crippen LogP contribution in [0.15, 0.2) is 36.5 Å². The van der Waals surface area contributed by atoms with Gasteiger partial charge in [-0.25, -0.2) is 0 Å². The third kappa shape index (κ3) is 6.67. The van der Waals surface area contributed by atoms with Crippen LogP contribution in [0.2, 0.25) is 0 Å². The molecule has 0 N–H and O–H groups in total. The van der Waals surface area contributed by atoms with Gasteiger partial charge in [-0.3, -0.25) is 0 Å². The van der Waals surface area contributed by atoms with E-state index in [9.17, 15) is 0 Å². The van der Waals surface area contributed by atoms with Crippen LogP contribution in [0.5, 0.6) is 0 Å². The van der Waals surface area contributed by atoms with Crippen molar-refractivity contribution < 1.29 is 0 Å². The van der Waals surface area contributed by atoms with Crippen molar-refractivity contribution in [3.63, 3.8) is 0 Å². The Balaban J connectivity index is 3.72. The molecule has 58 valence electrons. The van der Waals surface area contributed by atoms with Gasteiger partial charge in [0.1, 0.15) is 0 Å². The van der Waals surface area contributed by atoms with Crippen molar-refractivity contribution in [1.82, 2.24) is 0 Å². The van der Waals surface area contributed by atoms with Gasteiger partial charge in [0, 0.05) is 6.42 Å². The summed E-state index contributed by atoms with van der Waals surface area (Å²) in [7, 11) is 0. The van der Waals surface area contributed by atoms with Crippen LogP contribution >= 0.6 is 0 Å². The molecule has 0 saturated carbocycles. The predicted molar refractivity (Wildman–Crippen MR) is 51.2 cm³/mol. The molecule has 0 aromatic carbocycles. The van der Waals surface area contributed by atoms with Crippen molar-refractivity contribution in [3.8, 4) is 12.3 Å². The minimum absolute atomic E-state index is 0.824. The maximum absolute atomic E-state index is 5.12. The molecule has 0 aliphatic rings. The summed E-state index contributed by atoms with van der Waals surface area (Å²) in [6, 6.07) is 0. The highest BCUT2D eigenvalue weighted by Gasteiger charge is 1.83. The van der Waals surface area contributed by atoms with Crippen LogP contribution in [0.3, 0.4) is 0 Å². The lowest BCUT2D eigenvalue weighted by atomic mass is 10.1. The lowest BCUT2D eigenvalue weighted by molar-refractivity contribution is 1.00. The SMILES string of the molecule is C#CCC/C(C)=C/C=C\C=C. The summed E-state index contributed by atoms with van der Waals surface area (Å²) >= 11 is 0. The number of terminal acetylenes is 1. The van der Waals surface area contributed by atoms with Crippen molar-refractivity contribution in [2.24, 2.45) is 0 Å². The average Bonchev–Trinajstić information content (AvgIpc) is 2.01. The molecule has 0 saturated heterocycles. The molecule has 0 nitrogen and oxygen atoms in total. The van der Waals surface area contributed by atoms with Crippen molar-refractivity contribution >= 4 is 0 Å². The largest absolute Gasteiger partial charge is 0.120 e. The van der Waals surface area contributed by atoms with E-state index in [2.05, 4.69) is 25.5 Å². The second-order valence-corrected chi connectivity index (χ2v) is 2.34. The van der Waals surface area contributed by atoms with Crippen LogP contribution in [0.1, 0.15) is 19.8 Å². The fourth-order valence-electron chi connectivity index (χ4n) is 0.651. The maximum Gasteiger partial charge on any atom is 0.0123 e. The van der Waals surface area contributed by atoms with Gasteiger partial charge in [-0.15, -0.1) is 12.3 Å². The summed E-state index contributed by atoms with van der Waals surface area (Å²) in [5.41, 5.74) is 1.31. The number of rotatable bonds is 4. The third-order valence-corrected chi connectivity index (χ3v) is 1.29. The first-order valence-corrected chi connectivity index (χ1v) is 3.69. The van der Waals surface area contributed by atoms with Crippen LogP contribution < -0.4 is 0 Å². The molecule has 0 unspecified atom stereocenters. The van der Waals surface area contributed by atoms with Gasteiger partial charge in [-0.1, -0.05) is 36.5 Å². The van der Waals surface area contributed by atoms with Crippen molar-refractivity contribution in [3.05, 3.63) is 36.5 Å². The van der Waals surface area contributed by atoms with Gasteiger partial charge in [0.15, 0.2) is 0 Å². The monoisotopic (exact) mass is 146 g/mol. The maximum atomic E-state index is 5.12. The van der Waals surface area contributed by atoms with Gasteiger partial charge >= 0.3 is 0 Å². The van der Waals surface area contributed by atoms with Gasteiger partial charge in [-0.2, -0.15) is 0 Å². The normalized spacial score (nSPS) is 11.5. The van der Waals surface area contributed by atoms with Crippen molar-refractivity contribution in [2.45, 2.75) is 19.8 Å². The molecule has 0 heterocycles. The van der Waals surface area contributed by atoms with E-state index in [0.29, 0.717) is 0 Å². The predicted octanol–water partition coefficient (Wildman–Crippen LogP) is 3.09. The molecule has 0 aliphatic carbocycles. The van der Waals surface area contributed by atoms with E-state index >= 15 is 0 Å². The summed E-state index contributed by atoms with van der Waals surface area (Å²) < 4.78 is 0. The first kappa shape index (κ1) is 9.78. The lowest BCUT2D eigenvalue weighted by Gasteiger charge is -1.92. The highest BCUT2D eigenvalue weighted by atomic mass is 13.9. The van der Waals surface area contributed by atoms with E-state index in [1.54, 1.807) is 6.08 Å². The Hall–Kier alpha value is -1.22. The molecule has 0 spiro atoms. The highest BCUT2D eigenvalue weighted by molar-refractivity contribution is 5.14. The Morgan fingerprint density at radius 3 is 2.82 bits per heavy atom. The van der Waals surface area contributed by atoms with E-state index in [4.69, 9.17) is 6.42 Å². The van der Waals surface area contributed by atoms with Gasteiger partial charge in [0.25, 0.3) is 0 Å². The van der Waals surface area contributed by atoms with Gasteiger partial charge < -0.3 is 0 Å². The van der Waals surface area contributed by atoms with E-state index in [1.165, 1.54) is 5.57 Å². The molecular formula is C11H14. The first-order chi connectivity index (χ1) is 5.31. The molecule has 0 atom stereocenters. The molecule has 11 heavy (non-hydrogen) atoms.